The summed E-state index contributed by atoms with van der Waals surface area (Å²) in [6.45, 7) is 2.72. The van der Waals surface area contributed by atoms with Crippen molar-refractivity contribution in [2.24, 2.45) is 0 Å². The van der Waals surface area contributed by atoms with Gasteiger partial charge in [-0.3, -0.25) is 4.98 Å². The minimum Gasteiger partial charge on any atom is -0.372 e. The summed E-state index contributed by atoms with van der Waals surface area (Å²) >= 11 is 3.47. The Morgan fingerprint density at radius 1 is 1.24 bits per heavy atom. The average molecular weight is 349 g/mol. The van der Waals surface area contributed by atoms with E-state index in [4.69, 9.17) is 4.74 Å². The molecule has 0 fully saturated rings. The topological polar surface area (TPSA) is 34.1 Å². The lowest BCUT2D eigenvalue weighted by Crippen LogP contribution is -2.35. The first-order valence-electron chi connectivity index (χ1n) is 7.17. The molecule has 0 bridgehead atoms. The molecule has 2 aromatic rings. The molecule has 0 radical (unpaired) electrons. The highest BCUT2D eigenvalue weighted by atomic mass is 79.9. The molecule has 1 N–H and O–H groups in total. The van der Waals surface area contributed by atoms with Gasteiger partial charge in [0.05, 0.1) is 6.10 Å². The molecule has 0 amide bonds. The highest BCUT2D eigenvalue weighted by Gasteiger charge is 2.22. The van der Waals surface area contributed by atoms with Crippen molar-refractivity contribution in [1.82, 2.24) is 10.3 Å². The Morgan fingerprint density at radius 2 is 2.00 bits per heavy atom. The van der Waals surface area contributed by atoms with Crippen LogP contribution >= 0.6 is 15.9 Å². The van der Waals surface area contributed by atoms with Gasteiger partial charge in [-0.25, -0.2) is 0 Å². The second kappa shape index (κ2) is 8.27. The summed E-state index contributed by atoms with van der Waals surface area (Å²) in [5, 5.41) is 3.39. The fraction of sp³-hybridized carbons (Fsp3) is 0.353. The number of hydrogen-bond acceptors (Lipinski definition) is 3. The third-order valence-corrected chi connectivity index (χ3v) is 3.86. The summed E-state index contributed by atoms with van der Waals surface area (Å²) in [4.78, 5) is 4.23. The molecule has 2 atom stereocenters. The molecule has 0 saturated heterocycles. The summed E-state index contributed by atoms with van der Waals surface area (Å²) in [7, 11) is 1.98. The Bertz CT molecular complexity index is 547. The molecule has 112 valence electrons. The zero-order valence-corrected chi connectivity index (χ0v) is 14.0. The summed E-state index contributed by atoms with van der Waals surface area (Å²) in [6.07, 6.45) is 4.60. The van der Waals surface area contributed by atoms with Gasteiger partial charge in [0.25, 0.3) is 0 Å². The molecule has 1 aromatic carbocycles. The number of pyridine rings is 1. The number of aromatic nitrogens is 1. The van der Waals surface area contributed by atoms with Gasteiger partial charge in [-0.1, -0.05) is 30.3 Å². The molecular formula is C17H21BrN2O. The Balaban J connectivity index is 2.20. The van der Waals surface area contributed by atoms with Crippen LogP contribution in [0.1, 0.15) is 24.2 Å². The number of nitrogens with one attached hydrogen (secondary N) is 1. The average Bonchev–Trinajstić information content (AvgIpc) is 2.51. The first kappa shape index (κ1) is 16.1. The second-order valence-corrected chi connectivity index (χ2v) is 5.81. The largest absolute Gasteiger partial charge is 0.372 e. The maximum absolute atomic E-state index is 5.99. The van der Waals surface area contributed by atoms with Gasteiger partial charge < -0.3 is 10.1 Å². The number of benzene rings is 1. The number of nitrogens with zero attached hydrogens (tertiary/aromatic N) is 1. The summed E-state index contributed by atoms with van der Waals surface area (Å²) in [5.74, 6) is 0. The van der Waals surface area contributed by atoms with Crippen LogP contribution in [0, 0.1) is 0 Å². The Labute approximate surface area is 134 Å². The third kappa shape index (κ3) is 4.63. The number of ether oxygens (including phenoxy) is 1. The quantitative estimate of drug-likeness (QED) is 0.827. The van der Waals surface area contributed by atoms with Crippen molar-refractivity contribution in [3.8, 4) is 0 Å². The van der Waals surface area contributed by atoms with Crippen LogP contribution in [0.15, 0.2) is 53.3 Å². The van der Waals surface area contributed by atoms with Crippen molar-refractivity contribution in [2.45, 2.75) is 25.5 Å². The van der Waals surface area contributed by atoms with E-state index in [0.29, 0.717) is 6.61 Å². The molecule has 2 unspecified atom stereocenters. The monoisotopic (exact) mass is 348 g/mol. The van der Waals surface area contributed by atoms with Crippen LogP contribution in [0.5, 0.6) is 0 Å². The van der Waals surface area contributed by atoms with Gasteiger partial charge in [0, 0.05) is 29.5 Å². The molecule has 3 nitrogen and oxygen atoms in total. The molecule has 0 aliphatic heterocycles. The van der Waals surface area contributed by atoms with E-state index in [1.807, 2.05) is 26.2 Å². The van der Waals surface area contributed by atoms with Gasteiger partial charge in [-0.05, 0) is 53.5 Å². The van der Waals surface area contributed by atoms with Crippen LogP contribution in [0.2, 0.25) is 0 Å². The number of hydrogen-bond donors (Lipinski definition) is 1. The normalized spacial score (nSPS) is 13.9. The van der Waals surface area contributed by atoms with Gasteiger partial charge in [0.1, 0.15) is 0 Å². The fourth-order valence-electron chi connectivity index (χ4n) is 2.45. The third-order valence-electron chi connectivity index (χ3n) is 3.43. The molecule has 1 aromatic heterocycles. The lowest BCUT2D eigenvalue weighted by Gasteiger charge is -2.27. The number of rotatable bonds is 7. The Hall–Kier alpha value is -1.23. The van der Waals surface area contributed by atoms with Crippen LogP contribution in [-0.2, 0) is 11.2 Å². The molecule has 0 spiro atoms. The molecular weight excluding hydrogens is 328 g/mol. The minimum atomic E-state index is 0.0279. The zero-order chi connectivity index (χ0) is 15.1. The Kier molecular flexibility index (Phi) is 6.36. The van der Waals surface area contributed by atoms with Gasteiger partial charge in [-0.2, -0.15) is 0 Å². The molecule has 0 aliphatic rings. The van der Waals surface area contributed by atoms with E-state index >= 15 is 0 Å². The van der Waals surface area contributed by atoms with E-state index in [1.165, 1.54) is 11.1 Å². The van der Waals surface area contributed by atoms with Crippen molar-refractivity contribution in [3.05, 3.63) is 64.4 Å². The van der Waals surface area contributed by atoms with E-state index in [1.54, 1.807) is 6.20 Å². The van der Waals surface area contributed by atoms with Crippen LogP contribution in [0.3, 0.4) is 0 Å². The van der Waals surface area contributed by atoms with Crippen LogP contribution in [-0.4, -0.2) is 24.7 Å². The zero-order valence-electron chi connectivity index (χ0n) is 12.4. The standard InChI is InChI=1S/C17H21BrN2O/c1-3-21-17(14-7-5-4-6-8-14)16(19-2)10-13-9-15(18)12-20-11-13/h4-9,11-12,16-17,19H,3,10H2,1-2H3. The van der Waals surface area contributed by atoms with Crippen molar-refractivity contribution >= 4 is 15.9 Å². The lowest BCUT2D eigenvalue weighted by molar-refractivity contribution is 0.0352. The molecule has 2 rings (SSSR count). The Morgan fingerprint density at radius 3 is 2.62 bits per heavy atom. The smallest absolute Gasteiger partial charge is 0.0980 e. The first-order valence-corrected chi connectivity index (χ1v) is 7.97. The first-order chi connectivity index (χ1) is 10.2. The summed E-state index contributed by atoms with van der Waals surface area (Å²) in [6, 6.07) is 12.7. The van der Waals surface area contributed by atoms with E-state index in [0.717, 1.165) is 10.9 Å². The maximum Gasteiger partial charge on any atom is 0.0980 e. The van der Waals surface area contributed by atoms with Crippen molar-refractivity contribution in [3.63, 3.8) is 0 Å². The highest BCUT2D eigenvalue weighted by molar-refractivity contribution is 9.10. The summed E-state index contributed by atoms with van der Waals surface area (Å²) in [5.41, 5.74) is 2.38. The van der Waals surface area contributed by atoms with Gasteiger partial charge in [0.2, 0.25) is 0 Å². The molecule has 4 heteroatoms. The number of halogens is 1. The van der Waals surface area contributed by atoms with Gasteiger partial charge in [0.15, 0.2) is 0 Å². The SMILES string of the molecule is CCOC(c1ccccc1)C(Cc1cncc(Br)c1)NC. The second-order valence-electron chi connectivity index (χ2n) is 4.90. The van der Waals surface area contributed by atoms with E-state index in [2.05, 4.69) is 56.6 Å². The molecule has 21 heavy (non-hydrogen) atoms. The van der Waals surface area contributed by atoms with E-state index in [-0.39, 0.29) is 12.1 Å². The van der Waals surface area contributed by atoms with Crippen molar-refractivity contribution in [1.29, 1.82) is 0 Å². The highest BCUT2D eigenvalue weighted by Crippen LogP contribution is 2.24. The predicted octanol–water partition coefficient (Wildman–Crippen LogP) is 3.75. The van der Waals surface area contributed by atoms with Crippen molar-refractivity contribution < 1.29 is 4.74 Å². The molecule has 1 heterocycles. The lowest BCUT2D eigenvalue weighted by atomic mass is 9.96. The van der Waals surface area contributed by atoms with Crippen LogP contribution in [0.25, 0.3) is 0 Å². The van der Waals surface area contributed by atoms with E-state index < -0.39 is 0 Å². The fourth-order valence-corrected chi connectivity index (χ4v) is 2.86. The minimum absolute atomic E-state index is 0.0279. The predicted molar refractivity (Wildman–Crippen MR) is 89.3 cm³/mol. The van der Waals surface area contributed by atoms with E-state index in [9.17, 15) is 0 Å². The number of likely N-dealkylation sites (N-methyl/N-ethyl adjacent to an activating group) is 1. The maximum atomic E-state index is 5.99. The van der Waals surface area contributed by atoms with Gasteiger partial charge >= 0.3 is 0 Å². The van der Waals surface area contributed by atoms with Gasteiger partial charge in [-0.15, -0.1) is 0 Å². The van der Waals surface area contributed by atoms with Crippen LogP contribution < -0.4 is 5.32 Å². The molecule has 0 saturated carbocycles. The summed E-state index contributed by atoms with van der Waals surface area (Å²) < 4.78 is 6.99. The van der Waals surface area contributed by atoms with Crippen LogP contribution in [0.4, 0.5) is 0 Å². The van der Waals surface area contributed by atoms with Crippen molar-refractivity contribution in [2.75, 3.05) is 13.7 Å². The molecule has 0 aliphatic carbocycles.